The second-order valence-corrected chi connectivity index (χ2v) is 4.36. The Labute approximate surface area is 102 Å². The monoisotopic (exact) mass is 229 g/mol. The lowest BCUT2D eigenvalue weighted by Crippen LogP contribution is -1.99. The molecule has 3 nitrogen and oxygen atoms in total. The van der Waals surface area contributed by atoms with Gasteiger partial charge in [-0.2, -0.15) is 0 Å². The van der Waals surface area contributed by atoms with E-state index in [9.17, 15) is 0 Å². The highest BCUT2D eigenvalue weighted by Gasteiger charge is 2.02. The molecule has 1 aromatic carbocycles. The summed E-state index contributed by atoms with van der Waals surface area (Å²) >= 11 is 0. The Kier molecular flexibility index (Phi) is 3.94. The summed E-state index contributed by atoms with van der Waals surface area (Å²) < 4.78 is 0. The van der Waals surface area contributed by atoms with Gasteiger partial charge in [-0.1, -0.05) is 29.8 Å². The van der Waals surface area contributed by atoms with E-state index in [1.54, 1.807) is 0 Å². The molecule has 0 aliphatic rings. The van der Waals surface area contributed by atoms with Gasteiger partial charge in [-0.25, -0.2) is 4.98 Å². The highest BCUT2D eigenvalue weighted by Crippen LogP contribution is 2.17. The molecule has 0 unspecified atom stereocenters. The van der Waals surface area contributed by atoms with Crippen LogP contribution in [-0.2, 0) is 6.42 Å². The summed E-state index contributed by atoms with van der Waals surface area (Å²) in [6.45, 7) is 2.85. The normalized spacial score (nSPS) is 10.7. The molecule has 0 amide bonds. The van der Waals surface area contributed by atoms with Gasteiger partial charge < -0.3 is 10.7 Å². The molecule has 0 fully saturated rings. The van der Waals surface area contributed by atoms with Crippen molar-refractivity contribution < 1.29 is 0 Å². The van der Waals surface area contributed by atoms with E-state index in [0.717, 1.165) is 37.3 Å². The molecule has 0 aliphatic heterocycles. The number of rotatable bonds is 5. The van der Waals surface area contributed by atoms with Crippen LogP contribution in [0.25, 0.3) is 11.3 Å². The quantitative estimate of drug-likeness (QED) is 0.774. The first-order chi connectivity index (χ1) is 8.29. The smallest absolute Gasteiger partial charge is 0.106 e. The average Bonchev–Trinajstić information content (AvgIpc) is 2.79. The van der Waals surface area contributed by atoms with E-state index in [2.05, 4.69) is 41.2 Å². The maximum atomic E-state index is 5.47. The zero-order valence-electron chi connectivity index (χ0n) is 10.2. The zero-order chi connectivity index (χ0) is 12.1. The molecule has 0 atom stereocenters. The van der Waals surface area contributed by atoms with Crippen molar-refractivity contribution in [3.8, 4) is 11.3 Å². The van der Waals surface area contributed by atoms with E-state index in [4.69, 9.17) is 5.73 Å². The lowest BCUT2D eigenvalue weighted by molar-refractivity contribution is 0.723. The Balaban J connectivity index is 2.04. The van der Waals surface area contributed by atoms with Crippen molar-refractivity contribution in [2.75, 3.05) is 6.54 Å². The van der Waals surface area contributed by atoms with Gasteiger partial charge in [-0.3, -0.25) is 0 Å². The van der Waals surface area contributed by atoms with Gasteiger partial charge in [0.2, 0.25) is 0 Å². The van der Waals surface area contributed by atoms with Crippen molar-refractivity contribution >= 4 is 0 Å². The topological polar surface area (TPSA) is 54.7 Å². The number of hydrogen-bond donors (Lipinski definition) is 2. The van der Waals surface area contributed by atoms with Gasteiger partial charge >= 0.3 is 0 Å². The third kappa shape index (κ3) is 3.17. The van der Waals surface area contributed by atoms with Crippen molar-refractivity contribution in [3.05, 3.63) is 41.9 Å². The van der Waals surface area contributed by atoms with Crippen LogP contribution in [0.1, 0.15) is 24.2 Å². The number of H-pyrrole nitrogens is 1. The summed E-state index contributed by atoms with van der Waals surface area (Å²) in [7, 11) is 0. The maximum Gasteiger partial charge on any atom is 0.106 e. The number of unbranched alkanes of at least 4 members (excludes halogenated alkanes) is 1. The molecule has 3 heteroatoms. The number of aromatic amines is 1. The molecule has 0 spiro atoms. The summed E-state index contributed by atoms with van der Waals surface area (Å²) in [5.41, 5.74) is 9.03. The molecule has 0 bridgehead atoms. The Bertz CT molecular complexity index is 457. The van der Waals surface area contributed by atoms with Crippen molar-refractivity contribution in [3.63, 3.8) is 0 Å². The Morgan fingerprint density at radius 1 is 1.18 bits per heavy atom. The Hall–Kier alpha value is -1.61. The van der Waals surface area contributed by atoms with Gasteiger partial charge in [0.25, 0.3) is 0 Å². The predicted molar refractivity (Wildman–Crippen MR) is 70.8 cm³/mol. The fraction of sp³-hybridized carbons (Fsp3) is 0.357. The lowest BCUT2D eigenvalue weighted by Gasteiger charge is -1.98. The van der Waals surface area contributed by atoms with Crippen LogP contribution in [0.2, 0.25) is 0 Å². The van der Waals surface area contributed by atoms with Crippen molar-refractivity contribution in [1.29, 1.82) is 0 Å². The molecule has 0 radical (unpaired) electrons. The number of nitrogens with two attached hydrogens (primary N) is 1. The van der Waals surface area contributed by atoms with Crippen LogP contribution in [0.15, 0.2) is 30.5 Å². The fourth-order valence-electron chi connectivity index (χ4n) is 1.81. The van der Waals surface area contributed by atoms with Crippen LogP contribution in [0.5, 0.6) is 0 Å². The van der Waals surface area contributed by atoms with Gasteiger partial charge in [0.15, 0.2) is 0 Å². The van der Waals surface area contributed by atoms with Crippen molar-refractivity contribution in [1.82, 2.24) is 9.97 Å². The van der Waals surface area contributed by atoms with Gasteiger partial charge in [0, 0.05) is 6.42 Å². The van der Waals surface area contributed by atoms with Gasteiger partial charge in [-0.05, 0) is 31.9 Å². The molecule has 0 saturated heterocycles. The van der Waals surface area contributed by atoms with Crippen LogP contribution < -0.4 is 5.73 Å². The highest BCUT2D eigenvalue weighted by atomic mass is 14.9. The molecule has 3 N–H and O–H groups in total. The standard InChI is InChI=1S/C14H19N3/c1-11-5-7-12(8-6-11)13-10-16-14(17-13)4-2-3-9-15/h5-8,10H,2-4,9,15H2,1H3,(H,16,17). The minimum absolute atomic E-state index is 0.755. The third-order valence-corrected chi connectivity index (χ3v) is 2.86. The second kappa shape index (κ2) is 5.64. The number of aromatic nitrogens is 2. The van der Waals surface area contributed by atoms with Crippen molar-refractivity contribution in [2.24, 2.45) is 5.73 Å². The fourth-order valence-corrected chi connectivity index (χ4v) is 1.81. The number of benzene rings is 1. The van der Waals surface area contributed by atoms with Crippen LogP contribution >= 0.6 is 0 Å². The van der Waals surface area contributed by atoms with Gasteiger partial charge in [0.05, 0.1) is 11.9 Å². The number of imidazole rings is 1. The second-order valence-electron chi connectivity index (χ2n) is 4.36. The summed E-state index contributed by atoms with van der Waals surface area (Å²) in [6, 6.07) is 8.47. The molecule has 90 valence electrons. The van der Waals surface area contributed by atoms with E-state index >= 15 is 0 Å². The SMILES string of the molecule is Cc1ccc(-c2cnc(CCCCN)[nH]2)cc1. The molecule has 0 aliphatic carbocycles. The first kappa shape index (κ1) is 11.9. The molecule has 1 aromatic heterocycles. The van der Waals surface area contributed by atoms with Crippen LogP contribution in [-0.4, -0.2) is 16.5 Å². The number of hydrogen-bond acceptors (Lipinski definition) is 2. The van der Waals surface area contributed by atoms with Crippen LogP contribution in [0.3, 0.4) is 0 Å². The third-order valence-electron chi connectivity index (χ3n) is 2.86. The minimum atomic E-state index is 0.755. The van der Waals surface area contributed by atoms with Gasteiger partial charge in [-0.15, -0.1) is 0 Å². The molecule has 17 heavy (non-hydrogen) atoms. The molecule has 2 rings (SSSR count). The molecular formula is C14H19N3. The zero-order valence-corrected chi connectivity index (χ0v) is 10.2. The van der Waals surface area contributed by atoms with Crippen LogP contribution in [0.4, 0.5) is 0 Å². The molecular weight excluding hydrogens is 210 g/mol. The summed E-state index contributed by atoms with van der Waals surface area (Å²) in [4.78, 5) is 7.75. The summed E-state index contributed by atoms with van der Waals surface area (Å²) in [5, 5.41) is 0. The lowest BCUT2D eigenvalue weighted by atomic mass is 10.1. The first-order valence-corrected chi connectivity index (χ1v) is 6.10. The van der Waals surface area contributed by atoms with E-state index in [1.165, 1.54) is 11.1 Å². The van der Waals surface area contributed by atoms with Gasteiger partial charge in [0.1, 0.15) is 5.82 Å². The highest BCUT2D eigenvalue weighted by molar-refractivity contribution is 5.58. The van der Waals surface area contributed by atoms with E-state index in [-0.39, 0.29) is 0 Å². The van der Waals surface area contributed by atoms with E-state index < -0.39 is 0 Å². The van der Waals surface area contributed by atoms with E-state index in [0.29, 0.717) is 0 Å². The number of nitrogens with zero attached hydrogens (tertiary/aromatic N) is 1. The predicted octanol–water partition coefficient (Wildman–Crippen LogP) is 2.67. The van der Waals surface area contributed by atoms with E-state index in [1.807, 2.05) is 6.20 Å². The maximum absolute atomic E-state index is 5.47. The Morgan fingerprint density at radius 3 is 2.65 bits per heavy atom. The molecule has 1 heterocycles. The molecule has 2 aromatic rings. The average molecular weight is 229 g/mol. The number of nitrogens with one attached hydrogen (secondary N) is 1. The summed E-state index contributed by atoms with van der Waals surface area (Å²) in [6.07, 6.45) is 5.03. The number of aryl methyl sites for hydroxylation is 2. The largest absolute Gasteiger partial charge is 0.342 e. The van der Waals surface area contributed by atoms with Crippen molar-refractivity contribution in [2.45, 2.75) is 26.2 Å². The first-order valence-electron chi connectivity index (χ1n) is 6.10. The minimum Gasteiger partial charge on any atom is -0.342 e. The van der Waals surface area contributed by atoms with Crippen LogP contribution in [0, 0.1) is 6.92 Å². The Morgan fingerprint density at radius 2 is 1.94 bits per heavy atom. The summed E-state index contributed by atoms with van der Waals surface area (Å²) in [5.74, 6) is 1.05. The molecule has 0 saturated carbocycles.